The lowest BCUT2D eigenvalue weighted by molar-refractivity contribution is -0.00839. The van der Waals surface area contributed by atoms with Crippen LogP contribution in [0, 0.1) is 0 Å². The molecule has 0 rings (SSSR count). The Kier molecular flexibility index (Phi) is 4.99. The van der Waals surface area contributed by atoms with Gasteiger partial charge < -0.3 is 14.2 Å². The number of halogens is 2. The molecule has 0 amide bonds. The minimum Gasteiger partial charge on any atom is -0.389 e. The molecule has 0 fully saturated rings. The van der Waals surface area contributed by atoms with Gasteiger partial charge in [-0.15, -0.1) is 0 Å². The Bertz CT molecular complexity index is 187. The summed E-state index contributed by atoms with van der Waals surface area (Å²) in [4.78, 5) is 0. The summed E-state index contributed by atoms with van der Waals surface area (Å²) >= 11 is 0. The molecule has 0 aromatic heterocycles. The molecule has 80 valence electrons. The summed E-state index contributed by atoms with van der Waals surface area (Å²) in [6.45, 7) is 0.961. The summed E-state index contributed by atoms with van der Waals surface area (Å²) in [6, 6.07) is 0. The van der Waals surface area contributed by atoms with E-state index in [1.165, 1.54) is 13.8 Å². The van der Waals surface area contributed by atoms with Gasteiger partial charge in [0.25, 0.3) is 0 Å². The van der Waals surface area contributed by atoms with Crippen molar-refractivity contribution in [3.05, 3.63) is 0 Å². The van der Waals surface area contributed by atoms with Gasteiger partial charge in [0.15, 0.2) is 0 Å². The van der Waals surface area contributed by atoms with Gasteiger partial charge in [-0.2, -0.15) is 8.78 Å². The Morgan fingerprint density at radius 2 is 1.77 bits per heavy atom. The van der Waals surface area contributed by atoms with Crippen molar-refractivity contribution in [3.8, 4) is 0 Å². The van der Waals surface area contributed by atoms with E-state index in [1.54, 1.807) is 0 Å². The Balaban J connectivity index is 4.67. The average molecular weight is 220 g/mol. The number of alkyl halides is 2. The lowest BCUT2D eigenvalue weighted by atomic mass is 10.9. The first-order valence-electron chi connectivity index (χ1n) is 3.81. The van der Waals surface area contributed by atoms with E-state index in [0.717, 1.165) is 0 Å². The summed E-state index contributed by atoms with van der Waals surface area (Å²) in [7, 11) is -4.51. The highest BCUT2D eigenvalue weighted by atomic mass is 31.2. The highest BCUT2D eigenvalue weighted by Crippen LogP contribution is 2.61. The zero-order valence-corrected chi connectivity index (χ0v) is 8.39. The molecular weight excluding hydrogens is 207 g/mol. The molecule has 0 saturated heterocycles. The van der Waals surface area contributed by atoms with Crippen LogP contribution in [0.3, 0.4) is 0 Å². The van der Waals surface area contributed by atoms with E-state index in [9.17, 15) is 13.3 Å². The molecule has 0 aromatic rings. The van der Waals surface area contributed by atoms with Crippen LogP contribution in [-0.2, 0) is 13.6 Å². The van der Waals surface area contributed by atoms with Gasteiger partial charge in [-0.1, -0.05) is 0 Å². The molecule has 0 aliphatic carbocycles. The van der Waals surface area contributed by atoms with E-state index >= 15 is 0 Å². The summed E-state index contributed by atoms with van der Waals surface area (Å²) < 4.78 is 45.6. The standard InChI is InChI=1S/C6H13F2O4P/c1-3-11-13(10,12-4-2)6(7,8)5-9/h9H,3-5H2,1-2H3/i5+2. The maximum Gasteiger partial charge on any atom is 0.402 e. The van der Waals surface area contributed by atoms with Crippen LogP contribution in [0.1, 0.15) is 13.8 Å². The monoisotopic (exact) mass is 220 g/mol. The Labute approximate surface area is 75.4 Å². The summed E-state index contributed by atoms with van der Waals surface area (Å²) in [5.74, 6) is 0. The molecule has 0 heterocycles. The minimum atomic E-state index is -4.51. The SMILES string of the molecule is CCOP(=O)(OCC)C(F)(F)[14CH2]O. The second kappa shape index (κ2) is 5.00. The van der Waals surface area contributed by atoms with Crippen molar-refractivity contribution in [1.82, 2.24) is 0 Å². The molecule has 0 spiro atoms. The van der Waals surface area contributed by atoms with E-state index in [-0.39, 0.29) is 13.2 Å². The molecule has 7 heteroatoms. The van der Waals surface area contributed by atoms with Crippen LogP contribution < -0.4 is 0 Å². The maximum absolute atomic E-state index is 12.8. The minimum absolute atomic E-state index is 0.160. The fraction of sp³-hybridized carbons (Fsp3) is 1.00. The van der Waals surface area contributed by atoms with Gasteiger partial charge in [0.2, 0.25) is 0 Å². The van der Waals surface area contributed by atoms with Gasteiger partial charge in [0, 0.05) is 0 Å². The average Bonchev–Trinajstić information content (AvgIpc) is 2.05. The molecule has 0 bridgehead atoms. The second-order valence-corrected chi connectivity index (χ2v) is 4.32. The van der Waals surface area contributed by atoms with E-state index in [4.69, 9.17) is 5.11 Å². The van der Waals surface area contributed by atoms with Gasteiger partial charge in [0.1, 0.15) is 6.61 Å². The second-order valence-electron chi connectivity index (χ2n) is 2.16. The van der Waals surface area contributed by atoms with Crippen molar-refractivity contribution in [1.29, 1.82) is 0 Å². The van der Waals surface area contributed by atoms with Gasteiger partial charge in [-0.3, -0.25) is 4.57 Å². The van der Waals surface area contributed by atoms with Crippen LogP contribution >= 0.6 is 7.60 Å². The van der Waals surface area contributed by atoms with Gasteiger partial charge in [0.05, 0.1) is 13.2 Å². The third-order valence-corrected chi connectivity index (χ3v) is 3.33. The summed E-state index contributed by atoms with van der Waals surface area (Å²) in [5, 5.41) is 8.30. The fourth-order valence-corrected chi connectivity index (χ4v) is 1.96. The number of hydrogen-bond donors (Lipinski definition) is 1. The Morgan fingerprint density at radius 1 is 1.38 bits per heavy atom. The molecule has 0 unspecified atom stereocenters. The Hall–Kier alpha value is -0.0300. The van der Waals surface area contributed by atoms with Crippen LogP contribution in [0.25, 0.3) is 0 Å². The molecule has 0 aromatic carbocycles. The first-order valence-corrected chi connectivity index (χ1v) is 5.35. The number of aliphatic hydroxyl groups excluding tert-OH is 1. The number of aliphatic hydroxyl groups is 1. The molecular formula is C6H13F2O4P. The van der Waals surface area contributed by atoms with E-state index in [2.05, 4.69) is 9.05 Å². The smallest absolute Gasteiger partial charge is 0.389 e. The van der Waals surface area contributed by atoms with Crippen molar-refractivity contribution in [2.24, 2.45) is 0 Å². The van der Waals surface area contributed by atoms with Crippen molar-refractivity contribution in [2.75, 3.05) is 19.8 Å². The third kappa shape index (κ3) is 2.98. The quantitative estimate of drug-likeness (QED) is 0.694. The highest BCUT2D eigenvalue weighted by Gasteiger charge is 2.52. The van der Waals surface area contributed by atoms with Crippen LogP contribution in [0.4, 0.5) is 8.78 Å². The zero-order valence-electron chi connectivity index (χ0n) is 7.50. The summed E-state index contributed by atoms with van der Waals surface area (Å²) in [5.41, 5.74) is -3.83. The largest absolute Gasteiger partial charge is 0.402 e. The van der Waals surface area contributed by atoms with Crippen LogP contribution in [-0.4, -0.2) is 30.6 Å². The zero-order chi connectivity index (χ0) is 10.5. The van der Waals surface area contributed by atoms with E-state index in [1.807, 2.05) is 0 Å². The summed E-state index contributed by atoms with van der Waals surface area (Å²) in [6.07, 6.45) is 0. The first-order chi connectivity index (χ1) is 5.93. The molecule has 0 saturated carbocycles. The first kappa shape index (κ1) is 13.0. The van der Waals surface area contributed by atoms with Gasteiger partial charge in [-0.25, -0.2) is 0 Å². The molecule has 1 N–H and O–H groups in total. The lowest BCUT2D eigenvalue weighted by Crippen LogP contribution is -2.24. The molecule has 0 aliphatic heterocycles. The molecule has 0 aliphatic rings. The van der Waals surface area contributed by atoms with Gasteiger partial charge in [-0.05, 0) is 13.8 Å². The fourth-order valence-electron chi connectivity index (χ4n) is 0.653. The predicted molar refractivity (Wildman–Crippen MR) is 42.9 cm³/mol. The lowest BCUT2D eigenvalue weighted by Gasteiger charge is -2.23. The molecule has 0 radical (unpaired) electrons. The molecule has 13 heavy (non-hydrogen) atoms. The van der Waals surface area contributed by atoms with Crippen molar-refractivity contribution in [3.63, 3.8) is 0 Å². The Morgan fingerprint density at radius 3 is 2.00 bits per heavy atom. The van der Waals surface area contributed by atoms with Crippen molar-refractivity contribution >= 4 is 7.60 Å². The van der Waals surface area contributed by atoms with Gasteiger partial charge >= 0.3 is 13.3 Å². The molecule has 0 atom stereocenters. The topological polar surface area (TPSA) is 55.8 Å². The van der Waals surface area contributed by atoms with Crippen LogP contribution in [0.15, 0.2) is 0 Å². The highest BCUT2D eigenvalue weighted by molar-refractivity contribution is 7.55. The molecule has 4 nitrogen and oxygen atoms in total. The van der Waals surface area contributed by atoms with E-state index < -0.39 is 19.9 Å². The number of hydrogen-bond acceptors (Lipinski definition) is 4. The predicted octanol–water partition coefficient (Wildman–Crippen LogP) is 1.84. The van der Waals surface area contributed by atoms with Crippen molar-refractivity contribution < 1.29 is 27.5 Å². The number of rotatable bonds is 6. The van der Waals surface area contributed by atoms with Crippen molar-refractivity contribution in [2.45, 2.75) is 19.5 Å². The van der Waals surface area contributed by atoms with Crippen LogP contribution in [0.2, 0.25) is 0 Å². The normalized spacial score (nSPS) is 13.3. The van der Waals surface area contributed by atoms with E-state index in [0.29, 0.717) is 0 Å². The maximum atomic E-state index is 12.8. The third-order valence-electron chi connectivity index (χ3n) is 1.19. The van der Waals surface area contributed by atoms with Crippen LogP contribution in [0.5, 0.6) is 0 Å².